The van der Waals surface area contributed by atoms with E-state index in [4.69, 9.17) is 8.83 Å². The molecule has 5 aromatic rings. The summed E-state index contributed by atoms with van der Waals surface area (Å²) in [5, 5.41) is 1.43. The van der Waals surface area contributed by atoms with Crippen molar-refractivity contribution in [3.8, 4) is 11.1 Å². The molecule has 2 heterocycles. The van der Waals surface area contributed by atoms with Crippen molar-refractivity contribution in [2.75, 3.05) is 0 Å². The predicted octanol–water partition coefficient (Wildman–Crippen LogP) is 5.75. The van der Waals surface area contributed by atoms with Crippen LogP contribution in [0.4, 0.5) is 0 Å². The highest BCUT2D eigenvalue weighted by molar-refractivity contribution is 6.20. The fourth-order valence-electron chi connectivity index (χ4n) is 3.72. The van der Waals surface area contributed by atoms with Gasteiger partial charge in [-0.2, -0.15) is 0 Å². The van der Waals surface area contributed by atoms with Gasteiger partial charge in [0.15, 0.2) is 5.76 Å². The standard InChI is InChI=1S/C25H16O4/c1-15-14-18-12-13-19(26)28-24(18)21-20(16-8-4-2-5-9-16)25(29-23(15)21)22(27)17-10-6-3-7-11-17/h2-14H,1H3. The number of furan rings is 1. The molecule has 0 radical (unpaired) electrons. The van der Waals surface area contributed by atoms with Crippen LogP contribution < -0.4 is 5.63 Å². The molecule has 0 spiro atoms. The molecule has 140 valence electrons. The highest BCUT2D eigenvalue weighted by Crippen LogP contribution is 2.41. The van der Waals surface area contributed by atoms with Crippen LogP contribution >= 0.6 is 0 Å². The lowest BCUT2D eigenvalue weighted by Gasteiger charge is -2.05. The summed E-state index contributed by atoms with van der Waals surface area (Å²) in [6.45, 7) is 1.92. The van der Waals surface area contributed by atoms with Gasteiger partial charge in [-0.25, -0.2) is 4.79 Å². The summed E-state index contributed by atoms with van der Waals surface area (Å²) < 4.78 is 11.7. The maximum absolute atomic E-state index is 13.3. The normalized spacial score (nSPS) is 11.2. The lowest BCUT2D eigenvalue weighted by atomic mass is 9.96. The van der Waals surface area contributed by atoms with Gasteiger partial charge in [-0.1, -0.05) is 60.7 Å². The maximum Gasteiger partial charge on any atom is 0.336 e. The summed E-state index contributed by atoms with van der Waals surface area (Å²) in [5.41, 5.74) is 3.39. The maximum atomic E-state index is 13.3. The number of hydrogen-bond acceptors (Lipinski definition) is 4. The van der Waals surface area contributed by atoms with Crippen LogP contribution in [-0.2, 0) is 0 Å². The molecule has 29 heavy (non-hydrogen) atoms. The fraction of sp³-hybridized carbons (Fsp3) is 0.0400. The average Bonchev–Trinajstić information content (AvgIpc) is 3.17. The van der Waals surface area contributed by atoms with E-state index < -0.39 is 5.63 Å². The van der Waals surface area contributed by atoms with Gasteiger partial charge in [0.1, 0.15) is 11.2 Å². The van der Waals surface area contributed by atoms with Crippen molar-refractivity contribution in [3.05, 3.63) is 106 Å². The van der Waals surface area contributed by atoms with Crippen LogP contribution in [0.5, 0.6) is 0 Å². The van der Waals surface area contributed by atoms with Gasteiger partial charge in [-0.05, 0) is 30.2 Å². The molecule has 0 aliphatic carbocycles. The highest BCUT2D eigenvalue weighted by Gasteiger charge is 2.26. The first-order valence-corrected chi connectivity index (χ1v) is 9.28. The van der Waals surface area contributed by atoms with E-state index in [0.717, 1.165) is 16.5 Å². The summed E-state index contributed by atoms with van der Waals surface area (Å²) in [6.07, 6.45) is 0. The van der Waals surface area contributed by atoms with E-state index in [0.29, 0.717) is 27.7 Å². The second-order valence-corrected chi connectivity index (χ2v) is 6.94. The SMILES string of the molecule is Cc1cc2ccc(=O)oc2c2c(-c3ccccc3)c(C(=O)c3ccccc3)oc12. The molecule has 3 aromatic carbocycles. The first-order chi connectivity index (χ1) is 14.1. The molecular weight excluding hydrogens is 364 g/mol. The molecular formula is C25H16O4. The Labute approximate surface area is 166 Å². The Hall–Kier alpha value is -3.92. The van der Waals surface area contributed by atoms with Gasteiger partial charge in [-0.3, -0.25) is 4.79 Å². The first-order valence-electron chi connectivity index (χ1n) is 9.28. The minimum absolute atomic E-state index is 0.216. The Bertz CT molecular complexity index is 1420. The molecule has 0 unspecified atom stereocenters. The number of hydrogen-bond donors (Lipinski definition) is 0. The lowest BCUT2D eigenvalue weighted by Crippen LogP contribution is -2.01. The third-order valence-electron chi connectivity index (χ3n) is 5.03. The molecule has 2 aromatic heterocycles. The van der Waals surface area contributed by atoms with E-state index in [9.17, 15) is 9.59 Å². The van der Waals surface area contributed by atoms with Crippen LogP contribution in [0.3, 0.4) is 0 Å². The number of carbonyl (C=O) groups is 1. The number of benzene rings is 3. The number of fused-ring (bicyclic) bond motifs is 3. The number of carbonyl (C=O) groups excluding carboxylic acids is 1. The molecule has 0 saturated heterocycles. The fourth-order valence-corrected chi connectivity index (χ4v) is 3.72. The third kappa shape index (κ3) is 2.77. The van der Waals surface area contributed by atoms with Gasteiger partial charge in [0.2, 0.25) is 5.78 Å². The van der Waals surface area contributed by atoms with Crippen molar-refractivity contribution in [1.29, 1.82) is 0 Å². The van der Waals surface area contributed by atoms with Crippen molar-refractivity contribution in [3.63, 3.8) is 0 Å². The van der Waals surface area contributed by atoms with Crippen LogP contribution in [0, 0.1) is 6.92 Å². The van der Waals surface area contributed by atoms with Crippen molar-refractivity contribution in [2.45, 2.75) is 6.92 Å². The molecule has 4 heteroatoms. The van der Waals surface area contributed by atoms with Crippen LogP contribution in [0.25, 0.3) is 33.1 Å². The predicted molar refractivity (Wildman–Crippen MR) is 112 cm³/mol. The first kappa shape index (κ1) is 17.2. The van der Waals surface area contributed by atoms with Crippen molar-refractivity contribution in [2.24, 2.45) is 0 Å². The molecule has 0 aliphatic heterocycles. The van der Waals surface area contributed by atoms with Crippen molar-refractivity contribution in [1.82, 2.24) is 0 Å². The van der Waals surface area contributed by atoms with E-state index in [2.05, 4.69) is 0 Å². The Morgan fingerprint density at radius 3 is 2.21 bits per heavy atom. The molecule has 0 atom stereocenters. The Morgan fingerprint density at radius 1 is 0.793 bits per heavy atom. The van der Waals surface area contributed by atoms with Gasteiger partial charge in [0, 0.05) is 22.6 Å². The van der Waals surface area contributed by atoms with E-state index in [1.807, 2.05) is 61.5 Å². The van der Waals surface area contributed by atoms with Crippen LogP contribution in [0.1, 0.15) is 21.7 Å². The second-order valence-electron chi connectivity index (χ2n) is 6.94. The smallest absolute Gasteiger partial charge is 0.336 e. The van der Waals surface area contributed by atoms with Crippen molar-refractivity contribution < 1.29 is 13.6 Å². The molecule has 0 N–H and O–H groups in total. The molecule has 4 nitrogen and oxygen atoms in total. The Kier molecular flexibility index (Phi) is 3.91. The van der Waals surface area contributed by atoms with Crippen LogP contribution in [0.15, 0.2) is 92.5 Å². The molecule has 0 saturated carbocycles. The zero-order valence-electron chi connectivity index (χ0n) is 15.6. The lowest BCUT2D eigenvalue weighted by molar-refractivity contribution is 0.101. The average molecular weight is 380 g/mol. The molecule has 0 amide bonds. The van der Waals surface area contributed by atoms with E-state index >= 15 is 0 Å². The quantitative estimate of drug-likeness (QED) is 0.295. The van der Waals surface area contributed by atoms with Gasteiger partial charge in [-0.15, -0.1) is 0 Å². The summed E-state index contributed by atoms with van der Waals surface area (Å²) in [4.78, 5) is 25.3. The number of rotatable bonds is 3. The number of aryl methyl sites for hydroxylation is 1. The topological polar surface area (TPSA) is 60.4 Å². The van der Waals surface area contributed by atoms with Gasteiger partial charge >= 0.3 is 5.63 Å². The van der Waals surface area contributed by atoms with Crippen molar-refractivity contribution >= 4 is 27.7 Å². The number of ketones is 1. The van der Waals surface area contributed by atoms with Gasteiger partial charge in [0.05, 0.1) is 5.39 Å². The van der Waals surface area contributed by atoms with Gasteiger partial charge < -0.3 is 8.83 Å². The Morgan fingerprint density at radius 2 is 1.48 bits per heavy atom. The molecule has 5 rings (SSSR count). The van der Waals surface area contributed by atoms with E-state index in [-0.39, 0.29) is 11.5 Å². The largest absolute Gasteiger partial charge is 0.451 e. The minimum atomic E-state index is -0.446. The van der Waals surface area contributed by atoms with Crippen LogP contribution in [-0.4, -0.2) is 5.78 Å². The summed E-state index contributed by atoms with van der Waals surface area (Å²) in [6, 6.07) is 23.6. The summed E-state index contributed by atoms with van der Waals surface area (Å²) in [5.74, 6) is 0.0194. The van der Waals surface area contributed by atoms with Crippen LogP contribution in [0.2, 0.25) is 0 Å². The molecule has 0 bridgehead atoms. The van der Waals surface area contributed by atoms with E-state index in [1.165, 1.54) is 6.07 Å². The molecule has 0 fully saturated rings. The summed E-state index contributed by atoms with van der Waals surface area (Å²) in [7, 11) is 0. The molecule has 0 aliphatic rings. The monoisotopic (exact) mass is 380 g/mol. The Balaban J connectivity index is 1.95. The second kappa shape index (κ2) is 6.60. The van der Waals surface area contributed by atoms with Gasteiger partial charge in [0.25, 0.3) is 0 Å². The van der Waals surface area contributed by atoms with E-state index in [1.54, 1.807) is 18.2 Å². The zero-order valence-corrected chi connectivity index (χ0v) is 15.6. The minimum Gasteiger partial charge on any atom is -0.451 e. The third-order valence-corrected chi connectivity index (χ3v) is 5.03. The highest BCUT2D eigenvalue weighted by atomic mass is 16.4. The zero-order chi connectivity index (χ0) is 20.0. The summed E-state index contributed by atoms with van der Waals surface area (Å²) >= 11 is 0.